The monoisotopic (exact) mass is 142 g/mol. The Hall–Kier alpha value is -1.65. The predicted molar refractivity (Wildman–Crippen MR) is 33.9 cm³/mol. The summed E-state index contributed by atoms with van der Waals surface area (Å²) < 4.78 is 4.22. The second kappa shape index (κ2) is 2.30. The van der Waals surface area contributed by atoms with Crippen LogP contribution in [-0.4, -0.2) is 16.2 Å². The molecule has 0 aliphatic heterocycles. The zero-order valence-corrected chi connectivity index (χ0v) is 5.00. The normalized spacial score (nSPS) is 9.20. The van der Waals surface area contributed by atoms with E-state index in [-0.39, 0.29) is 5.88 Å². The molecular weight excluding hydrogens is 136 g/mol. The van der Waals surface area contributed by atoms with Crippen LogP contribution in [0.3, 0.4) is 0 Å². The summed E-state index contributed by atoms with van der Waals surface area (Å²) >= 11 is 0. The molecule has 5 nitrogen and oxygen atoms in total. The number of carboxylic acid groups (broad SMARTS) is 1. The first-order valence-corrected chi connectivity index (χ1v) is 2.53. The van der Waals surface area contributed by atoms with Crippen molar-refractivity contribution in [3.8, 4) is 5.88 Å². The summed E-state index contributed by atoms with van der Waals surface area (Å²) in [6.45, 7) is 0. The van der Waals surface area contributed by atoms with Gasteiger partial charge in [0.25, 0.3) is 0 Å². The lowest BCUT2D eigenvalue weighted by molar-refractivity contribution is 0.143. The fourth-order valence-corrected chi connectivity index (χ4v) is 0.542. The maximum absolute atomic E-state index is 9.89. The van der Waals surface area contributed by atoms with Crippen molar-refractivity contribution >= 4 is 11.8 Å². The number of nitrogens with two attached hydrogens (primary N) is 1. The summed E-state index contributed by atoms with van der Waals surface area (Å²) in [5.41, 5.74) is 5.69. The van der Waals surface area contributed by atoms with Crippen molar-refractivity contribution in [2.75, 3.05) is 5.73 Å². The average Bonchev–Trinajstić information content (AvgIpc) is 2.13. The molecule has 0 amide bonds. The minimum Gasteiger partial charge on any atom is -0.449 e. The number of H-pyrrole nitrogens is 1. The van der Waals surface area contributed by atoms with E-state index in [9.17, 15) is 4.79 Å². The molecule has 54 valence electrons. The smallest absolute Gasteiger partial charge is 0.449 e. The molecule has 1 aromatic heterocycles. The highest BCUT2D eigenvalue weighted by Gasteiger charge is 2.00. The number of anilines is 1. The molecule has 1 heterocycles. The summed E-state index contributed by atoms with van der Waals surface area (Å²) in [5, 5.41) is 8.09. The lowest BCUT2D eigenvalue weighted by Crippen LogP contribution is -2.02. The van der Waals surface area contributed by atoms with E-state index >= 15 is 0 Å². The van der Waals surface area contributed by atoms with E-state index in [4.69, 9.17) is 10.8 Å². The van der Waals surface area contributed by atoms with Crippen molar-refractivity contribution in [3.05, 3.63) is 12.3 Å². The van der Waals surface area contributed by atoms with E-state index in [1.807, 2.05) is 0 Å². The van der Waals surface area contributed by atoms with Gasteiger partial charge in [-0.2, -0.15) is 0 Å². The van der Waals surface area contributed by atoms with Gasteiger partial charge in [-0.3, -0.25) is 0 Å². The Morgan fingerprint density at radius 3 is 2.90 bits per heavy atom. The first-order chi connectivity index (χ1) is 4.68. The number of hydrogen-bond donors (Lipinski definition) is 3. The maximum atomic E-state index is 9.89. The minimum absolute atomic E-state index is 0.130. The van der Waals surface area contributed by atoms with Crippen LogP contribution in [0, 0.1) is 0 Å². The molecule has 0 aliphatic carbocycles. The van der Waals surface area contributed by atoms with Crippen LogP contribution in [-0.2, 0) is 0 Å². The van der Waals surface area contributed by atoms with Gasteiger partial charge in [0, 0.05) is 12.3 Å². The molecule has 0 atom stereocenters. The first kappa shape index (κ1) is 6.47. The fraction of sp³-hybridized carbons (Fsp3) is 0. The van der Waals surface area contributed by atoms with Gasteiger partial charge >= 0.3 is 6.16 Å². The third kappa shape index (κ3) is 1.41. The second-order valence-corrected chi connectivity index (χ2v) is 1.67. The number of ether oxygens (including phenoxy) is 1. The van der Waals surface area contributed by atoms with Crippen LogP contribution < -0.4 is 10.5 Å². The summed E-state index contributed by atoms with van der Waals surface area (Å²) in [6, 6.07) is 1.38. The Bertz CT molecular complexity index is 243. The largest absolute Gasteiger partial charge is 0.512 e. The maximum Gasteiger partial charge on any atom is 0.512 e. The van der Waals surface area contributed by atoms with Crippen molar-refractivity contribution < 1.29 is 14.6 Å². The third-order valence-electron chi connectivity index (χ3n) is 0.876. The number of nitrogens with one attached hydrogen (secondary N) is 1. The Morgan fingerprint density at radius 1 is 1.80 bits per heavy atom. The van der Waals surface area contributed by atoms with Crippen molar-refractivity contribution in [1.29, 1.82) is 0 Å². The summed E-state index contributed by atoms with van der Waals surface area (Å²) in [4.78, 5) is 12.4. The van der Waals surface area contributed by atoms with Gasteiger partial charge in [-0.05, 0) is 0 Å². The Kier molecular flexibility index (Phi) is 1.49. The van der Waals surface area contributed by atoms with E-state index in [0.29, 0.717) is 5.69 Å². The van der Waals surface area contributed by atoms with Gasteiger partial charge in [-0.25, -0.2) is 4.79 Å². The molecule has 0 radical (unpaired) electrons. The van der Waals surface area contributed by atoms with Gasteiger partial charge in [0.15, 0.2) is 0 Å². The molecule has 0 fully saturated rings. The van der Waals surface area contributed by atoms with Crippen LogP contribution in [0.2, 0.25) is 0 Å². The molecule has 4 N–H and O–H groups in total. The standard InChI is InChI=1S/C5H6N2O3/c6-3-1-4(7-2-3)10-5(8)9/h1-2,7H,6H2,(H,8,9). The van der Waals surface area contributed by atoms with Gasteiger partial charge in [0.1, 0.15) is 0 Å². The highest BCUT2D eigenvalue weighted by Crippen LogP contribution is 2.11. The zero-order valence-electron chi connectivity index (χ0n) is 5.00. The highest BCUT2D eigenvalue weighted by molar-refractivity contribution is 5.61. The topological polar surface area (TPSA) is 88.3 Å². The SMILES string of the molecule is Nc1c[nH]c(OC(=O)O)c1. The second-order valence-electron chi connectivity index (χ2n) is 1.67. The number of carbonyl (C=O) groups is 1. The summed E-state index contributed by atoms with van der Waals surface area (Å²) in [6.07, 6.45) is 0.0833. The van der Waals surface area contributed by atoms with Gasteiger partial charge in [-0.15, -0.1) is 0 Å². The highest BCUT2D eigenvalue weighted by atomic mass is 16.7. The number of hydrogen-bond acceptors (Lipinski definition) is 3. The number of nitrogen functional groups attached to an aromatic ring is 1. The van der Waals surface area contributed by atoms with E-state index in [0.717, 1.165) is 0 Å². The van der Waals surface area contributed by atoms with Crippen molar-refractivity contribution in [3.63, 3.8) is 0 Å². The van der Waals surface area contributed by atoms with Crippen molar-refractivity contribution in [1.82, 2.24) is 4.98 Å². The molecule has 0 unspecified atom stereocenters. The van der Waals surface area contributed by atoms with Crippen LogP contribution >= 0.6 is 0 Å². The van der Waals surface area contributed by atoms with Gasteiger partial charge in [0.2, 0.25) is 5.88 Å². The van der Waals surface area contributed by atoms with Crippen LogP contribution in [0.15, 0.2) is 12.3 Å². The molecule has 0 spiro atoms. The fourth-order valence-electron chi connectivity index (χ4n) is 0.542. The predicted octanol–water partition coefficient (Wildman–Crippen LogP) is 0.654. The third-order valence-corrected chi connectivity index (χ3v) is 0.876. The summed E-state index contributed by atoms with van der Waals surface area (Å²) in [7, 11) is 0. The summed E-state index contributed by atoms with van der Waals surface area (Å²) in [5.74, 6) is 0.130. The molecule has 1 aromatic rings. The van der Waals surface area contributed by atoms with Gasteiger partial charge in [0.05, 0.1) is 5.69 Å². The Labute approximate surface area is 56.4 Å². The van der Waals surface area contributed by atoms with E-state index < -0.39 is 6.16 Å². The van der Waals surface area contributed by atoms with Crippen LogP contribution in [0.25, 0.3) is 0 Å². The van der Waals surface area contributed by atoms with Crippen LogP contribution in [0.4, 0.5) is 10.5 Å². The van der Waals surface area contributed by atoms with E-state index in [1.54, 1.807) is 0 Å². The average molecular weight is 142 g/mol. The number of aromatic amines is 1. The number of aromatic nitrogens is 1. The molecule has 0 aromatic carbocycles. The zero-order chi connectivity index (χ0) is 7.56. The molecule has 10 heavy (non-hydrogen) atoms. The molecule has 0 bridgehead atoms. The minimum atomic E-state index is -1.36. The lowest BCUT2D eigenvalue weighted by atomic mass is 10.5. The number of rotatable bonds is 1. The molecule has 1 rings (SSSR count). The van der Waals surface area contributed by atoms with Crippen LogP contribution in [0.5, 0.6) is 5.88 Å². The Morgan fingerprint density at radius 2 is 2.50 bits per heavy atom. The van der Waals surface area contributed by atoms with Crippen LogP contribution in [0.1, 0.15) is 0 Å². The van der Waals surface area contributed by atoms with E-state index in [1.165, 1.54) is 12.3 Å². The van der Waals surface area contributed by atoms with Crippen molar-refractivity contribution in [2.45, 2.75) is 0 Å². The Balaban J connectivity index is 2.67. The molecule has 5 heteroatoms. The van der Waals surface area contributed by atoms with Crippen molar-refractivity contribution in [2.24, 2.45) is 0 Å². The molecule has 0 aliphatic rings. The van der Waals surface area contributed by atoms with Gasteiger partial charge in [-0.1, -0.05) is 0 Å². The lowest BCUT2D eigenvalue weighted by Gasteiger charge is -1.91. The molecule has 0 saturated heterocycles. The van der Waals surface area contributed by atoms with Gasteiger partial charge < -0.3 is 20.6 Å². The first-order valence-electron chi connectivity index (χ1n) is 2.53. The molecular formula is C5H6N2O3. The quantitative estimate of drug-likeness (QED) is 0.502. The van der Waals surface area contributed by atoms with E-state index in [2.05, 4.69) is 9.72 Å². The molecule has 0 saturated carbocycles.